The smallest absolute Gasteiger partial charge is 0.327 e. The van der Waals surface area contributed by atoms with Crippen LogP contribution >= 0.6 is 15.9 Å². The van der Waals surface area contributed by atoms with E-state index in [1.54, 1.807) is 0 Å². The number of ether oxygens (including phenoxy) is 1. The second-order valence-corrected chi connectivity index (χ2v) is 3.88. The van der Waals surface area contributed by atoms with Crippen molar-refractivity contribution in [2.75, 3.05) is 7.11 Å². The van der Waals surface area contributed by atoms with Crippen LogP contribution in [0.2, 0.25) is 0 Å². The van der Waals surface area contributed by atoms with Crippen molar-refractivity contribution < 1.29 is 9.53 Å². The Balaban J connectivity index is 3.01. The molecular formula is C10H12BrNO2. The van der Waals surface area contributed by atoms with Gasteiger partial charge >= 0.3 is 5.97 Å². The van der Waals surface area contributed by atoms with E-state index in [1.165, 1.54) is 7.11 Å². The van der Waals surface area contributed by atoms with E-state index < -0.39 is 12.0 Å². The normalized spacial score (nSPS) is 12.3. The SMILES string of the molecule is COC(=O)[C@@H](N)c1ccc(C)cc1Br. The number of hydrogen-bond acceptors (Lipinski definition) is 3. The highest BCUT2D eigenvalue weighted by molar-refractivity contribution is 9.10. The molecule has 0 bridgehead atoms. The van der Waals surface area contributed by atoms with Crippen molar-refractivity contribution in [3.63, 3.8) is 0 Å². The molecule has 0 spiro atoms. The molecule has 0 aromatic heterocycles. The van der Waals surface area contributed by atoms with Crippen molar-refractivity contribution in [1.29, 1.82) is 0 Å². The van der Waals surface area contributed by atoms with Gasteiger partial charge in [0.1, 0.15) is 6.04 Å². The molecule has 1 atom stereocenters. The zero-order valence-corrected chi connectivity index (χ0v) is 9.67. The number of rotatable bonds is 2. The van der Waals surface area contributed by atoms with E-state index in [1.807, 2.05) is 25.1 Å². The lowest BCUT2D eigenvalue weighted by Gasteiger charge is -2.11. The maximum absolute atomic E-state index is 11.2. The molecule has 0 radical (unpaired) electrons. The lowest BCUT2D eigenvalue weighted by molar-refractivity contribution is -0.142. The average Bonchev–Trinajstić information content (AvgIpc) is 2.15. The first-order chi connectivity index (χ1) is 6.56. The van der Waals surface area contributed by atoms with Crippen molar-refractivity contribution in [3.05, 3.63) is 33.8 Å². The standard InChI is InChI=1S/C10H12BrNO2/c1-6-3-4-7(8(11)5-6)9(12)10(13)14-2/h3-5,9H,12H2,1-2H3/t9-/m0/s1. The van der Waals surface area contributed by atoms with E-state index >= 15 is 0 Å². The van der Waals surface area contributed by atoms with Crippen molar-refractivity contribution in [2.24, 2.45) is 5.73 Å². The van der Waals surface area contributed by atoms with Gasteiger partial charge in [0, 0.05) is 4.47 Å². The predicted octanol–water partition coefficient (Wildman–Crippen LogP) is 1.93. The maximum atomic E-state index is 11.2. The molecule has 0 aliphatic heterocycles. The van der Waals surface area contributed by atoms with Gasteiger partial charge in [0.25, 0.3) is 0 Å². The molecule has 0 amide bonds. The Labute approximate surface area is 91.4 Å². The van der Waals surface area contributed by atoms with Crippen LogP contribution < -0.4 is 5.73 Å². The molecule has 1 rings (SSSR count). The molecule has 1 aromatic carbocycles. The minimum atomic E-state index is -0.727. The number of hydrogen-bond donors (Lipinski definition) is 1. The molecule has 76 valence electrons. The molecule has 2 N–H and O–H groups in total. The van der Waals surface area contributed by atoms with Crippen LogP contribution in [0.1, 0.15) is 17.2 Å². The number of benzene rings is 1. The number of methoxy groups -OCH3 is 1. The summed E-state index contributed by atoms with van der Waals surface area (Å²) in [5.41, 5.74) is 7.54. The van der Waals surface area contributed by atoms with Crippen LogP contribution in [0.3, 0.4) is 0 Å². The fraction of sp³-hybridized carbons (Fsp3) is 0.300. The molecule has 3 nitrogen and oxygen atoms in total. The zero-order valence-electron chi connectivity index (χ0n) is 8.08. The van der Waals surface area contributed by atoms with Crippen LogP contribution in [0.4, 0.5) is 0 Å². The van der Waals surface area contributed by atoms with Crippen LogP contribution in [0, 0.1) is 6.92 Å². The van der Waals surface area contributed by atoms with Gasteiger partial charge in [-0.15, -0.1) is 0 Å². The number of carbonyl (C=O) groups is 1. The minimum Gasteiger partial charge on any atom is -0.468 e. The van der Waals surface area contributed by atoms with Gasteiger partial charge in [-0.05, 0) is 24.1 Å². The van der Waals surface area contributed by atoms with Gasteiger partial charge in [0.05, 0.1) is 7.11 Å². The van der Waals surface area contributed by atoms with E-state index in [4.69, 9.17) is 5.73 Å². The van der Waals surface area contributed by atoms with Gasteiger partial charge < -0.3 is 10.5 Å². The Morgan fingerprint density at radius 1 is 1.57 bits per heavy atom. The summed E-state index contributed by atoms with van der Waals surface area (Å²) >= 11 is 3.36. The Kier molecular flexibility index (Phi) is 3.66. The zero-order chi connectivity index (χ0) is 10.7. The van der Waals surface area contributed by atoms with Gasteiger partial charge in [-0.3, -0.25) is 4.79 Å². The molecule has 0 saturated carbocycles. The molecule has 0 aliphatic rings. The van der Waals surface area contributed by atoms with Crippen LogP contribution in [0.25, 0.3) is 0 Å². The first-order valence-corrected chi connectivity index (χ1v) is 4.95. The first kappa shape index (κ1) is 11.2. The monoisotopic (exact) mass is 257 g/mol. The van der Waals surface area contributed by atoms with Gasteiger partial charge in [0.15, 0.2) is 0 Å². The van der Waals surface area contributed by atoms with Gasteiger partial charge in [0.2, 0.25) is 0 Å². The Hall–Kier alpha value is -0.870. The molecule has 4 heteroatoms. The number of carbonyl (C=O) groups excluding carboxylic acids is 1. The summed E-state index contributed by atoms with van der Waals surface area (Å²) in [6, 6.07) is 4.91. The molecule has 0 saturated heterocycles. The quantitative estimate of drug-likeness (QED) is 0.824. The molecule has 1 aromatic rings. The second-order valence-electron chi connectivity index (χ2n) is 3.03. The number of halogens is 1. The predicted molar refractivity (Wildman–Crippen MR) is 57.8 cm³/mol. The minimum absolute atomic E-state index is 0.436. The molecule has 0 heterocycles. The summed E-state index contributed by atoms with van der Waals surface area (Å²) in [5, 5.41) is 0. The topological polar surface area (TPSA) is 52.3 Å². The van der Waals surface area contributed by atoms with Gasteiger partial charge in [-0.2, -0.15) is 0 Å². The third-order valence-corrected chi connectivity index (χ3v) is 2.63. The summed E-state index contributed by atoms with van der Waals surface area (Å²) < 4.78 is 5.40. The highest BCUT2D eigenvalue weighted by atomic mass is 79.9. The highest BCUT2D eigenvalue weighted by Gasteiger charge is 2.18. The van der Waals surface area contributed by atoms with Crippen molar-refractivity contribution in [3.8, 4) is 0 Å². The third kappa shape index (κ3) is 2.33. The van der Waals surface area contributed by atoms with E-state index in [0.29, 0.717) is 0 Å². The van der Waals surface area contributed by atoms with E-state index in [-0.39, 0.29) is 0 Å². The molecule has 0 aliphatic carbocycles. The Bertz CT molecular complexity index is 352. The average molecular weight is 258 g/mol. The third-order valence-electron chi connectivity index (χ3n) is 1.95. The molecule has 14 heavy (non-hydrogen) atoms. The van der Waals surface area contributed by atoms with Crippen LogP contribution in [-0.2, 0) is 9.53 Å². The summed E-state index contributed by atoms with van der Waals surface area (Å²) in [4.78, 5) is 11.2. The molecule has 0 unspecified atom stereocenters. The molecular weight excluding hydrogens is 246 g/mol. The summed E-state index contributed by atoms with van der Waals surface area (Å²) in [5.74, 6) is -0.436. The van der Waals surface area contributed by atoms with Crippen LogP contribution in [0.5, 0.6) is 0 Å². The first-order valence-electron chi connectivity index (χ1n) is 4.15. The number of nitrogens with two attached hydrogens (primary N) is 1. The summed E-state index contributed by atoms with van der Waals surface area (Å²) in [7, 11) is 1.32. The second kappa shape index (κ2) is 4.57. The summed E-state index contributed by atoms with van der Waals surface area (Å²) in [6.07, 6.45) is 0. The maximum Gasteiger partial charge on any atom is 0.327 e. The largest absolute Gasteiger partial charge is 0.468 e. The lowest BCUT2D eigenvalue weighted by atomic mass is 10.1. The fourth-order valence-corrected chi connectivity index (χ4v) is 1.88. The lowest BCUT2D eigenvalue weighted by Crippen LogP contribution is -2.22. The highest BCUT2D eigenvalue weighted by Crippen LogP contribution is 2.23. The summed E-state index contributed by atoms with van der Waals surface area (Å²) in [6.45, 7) is 1.97. The van der Waals surface area contributed by atoms with E-state index in [9.17, 15) is 4.79 Å². The van der Waals surface area contributed by atoms with Crippen LogP contribution in [-0.4, -0.2) is 13.1 Å². The van der Waals surface area contributed by atoms with Crippen LogP contribution in [0.15, 0.2) is 22.7 Å². The van der Waals surface area contributed by atoms with E-state index in [0.717, 1.165) is 15.6 Å². The molecule has 0 fully saturated rings. The van der Waals surface area contributed by atoms with Crippen molar-refractivity contribution in [1.82, 2.24) is 0 Å². The fourth-order valence-electron chi connectivity index (χ4n) is 1.14. The van der Waals surface area contributed by atoms with E-state index in [2.05, 4.69) is 20.7 Å². The van der Waals surface area contributed by atoms with Crippen molar-refractivity contribution >= 4 is 21.9 Å². The van der Waals surface area contributed by atoms with Gasteiger partial charge in [-0.25, -0.2) is 0 Å². The Morgan fingerprint density at radius 2 is 2.21 bits per heavy atom. The number of esters is 1. The number of aryl methyl sites for hydroxylation is 1. The van der Waals surface area contributed by atoms with Gasteiger partial charge in [-0.1, -0.05) is 28.1 Å². The Morgan fingerprint density at radius 3 is 2.71 bits per heavy atom. The van der Waals surface area contributed by atoms with Crippen molar-refractivity contribution in [2.45, 2.75) is 13.0 Å².